The monoisotopic (exact) mass is 578 g/mol. The van der Waals surface area contributed by atoms with E-state index in [-0.39, 0.29) is 63.5 Å². The van der Waals surface area contributed by atoms with Crippen molar-refractivity contribution in [1.29, 1.82) is 5.26 Å². The zero-order valence-electron chi connectivity index (χ0n) is 26.7. The third-order valence-electron chi connectivity index (χ3n) is 14.0. The summed E-state index contributed by atoms with van der Waals surface area (Å²) in [5.74, 6) is 0.272. The van der Waals surface area contributed by atoms with Crippen molar-refractivity contribution in [2.45, 2.75) is 118 Å². The fraction of sp³-hybridized carbons (Fsp3) is 0.829. The maximum Gasteiger partial charge on any atom is 0.407 e. The molecule has 1 saturated heterocycles. The lowest BCUT2D eigenvalue weighted by Gasteiger charge is -2.72. The summed E-state index contributed by atoms with van der Waals surface area (Å²) < 4.78 is 11.2. The third kappa shape index (κ3) is 4.02. The molecule has 0 aromatic carbocycles. The SMILES string of the molecule is CC1(C)CC[C@]2(NC(=O)OC3CCOC3)CC[C@]3(C)C(C(=O)C[C@H]4C3(C)CC[C@H]3C(C)(C)C(=O)C(C#N)=C[C@@]34C)C2C1. The molecule has 9 atom stereocenters. The minimum absolute atomic E-state index is 0.0396. The van der Waals surface area contributed by atoms with Crippen LogP contribution in [0.4, 0.5) is 4.79 Å². The molecule has 230 valence electrons. The number of nitriles is 1. The van der Waals surface area contributed by atoms with Crippen LogP contribution < -0.4 is 5.32 Å². The summed E-state index contributed by atoms with van der Waals surface area (Å²) in [5, 5.41) is 13.3. The fourth-order valence-electron chi connectivity index (χ4n) is 11.5. The Balaban J connectivity index is 1.39. The highest BCUT2D eigenvalue weighted by molar-refractivity contribution is 6.04. The Morgan fingerprint density at radius 2 is 1.69 bits per heavy atom. The maximum absolute atomic E-state index is 14.7. The van der Waals surface area contributed by atoms with Gasteiger partial charge in [0.2, 0.25) is 0 Å². The Labute approximate surface area is 251 Å². The Bertz CT molecular complexity index is 1270. The number of carbonyl (C=O) groups excluding carboxylic acids is 3. The van der Waals surface area contributed by atoms with E-state index < -0.39 is 16.4 Å². The zero-order valence-corrected chi connectivity index (χ0v) is 26.7. The zero-order chi connectivity index (χ0) is 30.5. The minimum atomic E-state index is -0.638. The van der Waals surface area contributed by atoms with E-state index in [1.165, 1.54) is 0 Å². The Morgan fingerprint density at radius 3 is 2.36 bits per heavy atom. The van der Waals surface area contributed by atoms with Gasteiger partial charge in [-0.3, -0.25) is 9.59 Å². The molecule has 1 heterocycles. The Hall–Kier alpha value is -2.20. The first kappa shape index (κ1) is 29.9. The number of amides is 1. The predicted octanol–water partition coefficient (Wildman–Crippen LogP) is 6.55. The van der Waals surface area contributed by atoms with Crippen LogP contribution in [0.25, 0.3) is 0 Å². The van der Waals surface area contributed by atoms with E-state index in [1.54, 1.807) is 0 Å². The topological polar surface area (TPSA) is 105 Å². The highest BCUT2D eigenvalue weighted by Gasteiger charge is 2.72. The molecule has 7 heteroatoms. The molecule has 7 nitrogen and oxygen atoms in total. The quantitative estimate of drug-likeness (QED) is 0.398. The van der Waals surface area contributed by atoms with E-state index in [0.717, 1.165) is 51.4 Å². The molecule has 4 saturated carbocycles. The van der Waals surface area contributed by atoms with Crippen molar-refractivity contribution in [2.24, 2.45) is 50.7 Å². The average Bonchev–Trinajstić information content (AvgIpc) is 3.41. The Kier molecular flexibility index (Phi) is 6.68. The Morgan fingerprint density at radius 1 is 0.976 bits per heavy atom. The van der Waals surface area contributed by atoms with Crippen LogP contribution in [-0.2, 0) is 19.1 Å². The standard InChI is InChI=1S/C35H50N2O5/c1-30(2)11-13-35(37-29(40)42-22-9-15-41-20-22)14-12-34(7)27(23(35)18-30)24(38)16-26-32(5)17-21(19-36)28(39)31(3,4)25(32)8-10-33(26,34)6/h17,22-23,25-27H,8-16,18,20H2,1-7H3,(H,37,40)/t22?,23?,25-,26+,27?,32-,33?,34+,35-/m0/s1. The van der Waals surface area contributed by atoms with E-state index in [2.05, 4.69) is 46.0 Å². The number of alkyl carbamates (subject to hydrolysis) is 1. The highest BCUT2D eigenvalue weighted by atomic mass is 16.6. The van der Waals surface area contributed by atoms with Crippen LogP contribution in [0.3, 0.4) is 0 Å². The van der Waals surface area contributed by atoms with Crippen molar-refractivity contribution in [2.75, 3.05) is 13.2 Å². The normalized spacial score (nSPS) is 47.1. The van der Waals surface area contributed by atoms with E-state index in [1.807, 2.05) is 19.9 Å². The number of nitrogens with one attached hydrogen (secondary N) is 1. The molecule has 5 aliphatic carbocycles. The number of rotatable bonds is 2. The largest absolute Gasteiger partial charge is 0.444 e. The van der Waals surface area contributed by atoms with Crippen LogP contribution in [0, 0.1) is 62.1 Å². The number of nitrogens with zero attached hydrogens (tertiary/aromatic N) is 1. The number of fused-ring (bicyclic) bond motifs is 7. The van der Waals surface area contributed by atoms with Crippen LogP contribution in [0.15, 0.2) is 11.6 Å². The first-order chi connectivity index (χ1) is 19.5. The van der Waals surface area contributed by atoms with Crippen molar-refractivity contribution in [1.82, 2.24) is 5.32 Å². The summed E-state index contributed by atoms with van der Waals surface area (Å²) in [5.41, 5.74) is -1.56. The van der Waals surface area contributed by atoms with Gasteiger partial charge in [-0.25, -0.2) is 4.79 Å². The summed E-state index contributed by atoms with van der Waals surface area (Å²) >= 11 is 0. The number of ether oxygens (including phenoxy) is 2. The van der Waals surface area contributed by atoms with Crippen molar-refractivity contribution < 1.29 is 23.9 Å². The number of ketones is 2. The number of hydrogen-bond donors (Lipinski definition) is 1. The first-order valence-electron chi connectivity index (χ1n) is 16.3. The van der Waals surface area contributed by atoms with Crippen molar-refractivity contribution in [3.8, 4) is 6.07 Å². The second kappa shape index (κ2) is 9.40. The third-order valence-corrected chi connectivity index (χ3v) is 14.0. The number of Topliss-reactive ketones (excluding diaryl/α,β-unsaturated/α-hetero) is 2. The van der Waals surface area contributed by atoms with Crippen molar-refractivity contribution in [3.63, 3.8) is 0 Å². The first-order valence-corrected chi connectivity index (χ1v) is 16.3. The van der Waals surface area contributed by atoms with E-state index in [9.17, 15) is 19.6 Å². The van der Waals surface area contributed by atoms with Crippen LogP contribution in [0.1, 0.15) is 106 Å². The smallest absolute Gasteiger partial charge is 0.407 e. The maximum atomic E-state index is 14.7. The highest BCUT2D eigenvalue weighted by Crippen LogP contribution is 2.74. The minimum Gasteiger partial charge on any atom is -0.444 e. The van der Waals surface area contributed by atoms with Crippen LogP contribution in [-0.4, -0.2) is 42.5 Å². The van der Waals surface area contributed by atoms with Gasteiger partial charge in [-0.05, 0) is 84.4 Å². The van der Waals surface area contributed by atoms with Gasteiger partial charge in [0.15, 0.2) is 5.78 Å². The van der Waals surface area contributed by atoms with Crippen molar-refractivity contribution >= 4 is 17.7 Å². The van der Waals surface area contributed by atoms with Crippen LogP contribution >= 0.6 is 0 Å². The fourth-order valence-corrected chi connectivity index (χ4v) is 11.5. The van der Waals surface area contributed by atoms with Crippen LogP contribution in [0.2, 0.25) is 0 Å². The van der Waals surface area contributed by atoms with Gasteiger partial charge in [-0.15, -0.1) is 0 Å². The molecule has 6 aliphatic rings. The molecule has 0 spiro atoms. The molecular formula is C35H50N2O5. The second-order valence-corrected chi connectivity index (χ2v) is 16.9. The van der Waals surface area contributed by atoms with Gasteiger partial charge < -0.3 is 14.8 Å². The molecule has 1 amide bonds. The van der Waals surface area contributed by atoms with E-state index >= 15 is 0 Å². The van der Waals surface area contributed by atoms with Gasteiger partial charge in [0.25, 0.3) is 0 Å². The number of allylic oxidation sites excluding steroid dienone is 2. The molecule has 6 rings (SSSR count). The van der Waals surface area contributed by atoms with Gasteiger partial charge >= 0.3 is 6.09 Å². The number of hydrogen-bond acceptors (Lipinski definition) is 6. The van der Waals surface area contributed by atoms with Gasteiger partial charge in [-0.2, -0.15) is 5.26 Å². The van der Waals surface area contributed by atoms with Gasteiger partial charge in [0.1, 0.15) is 18.0 Å². The summed E-state index contributed by atoms with van der Waals surface area (Å²) in [6.45, 7) is 16.7. The molecular weight excluding hydrogens is 528 g/mol. The molecule has 0 radical (unpaired) electrons. The van der Waals surface area contributed by atoms with Crippen LogP contribution in [0.5, 0.6) is 0 Å². The summed E-state index contributed by atoms with van der Waals surface area (Å²) in [6, 6.07) is 2.21. The lowest BCUT2D eigenvalue weighted by Crippen LogP contribution is -2.72. The molecule has 1 aliphatic heterocycles. The van der Waals surface area contributed by atoms with E-state index in [0.29, 0.717) is 25.4 Å². The molecule has 0 aromatic heterocycles. The lowest BCUT2D eigenvalue weighted by molar-refractivity contribution is -0.214. The van der Waals surface area contributed by atoms with Gasteiger partial charge in [0, 0.05) is 29.7 Å². The average molecular weight is 579 g/mol. The van der Waals surface area contributed by atoms with Gasteiger partial charge in [-0.1, -0.05) is 54.5 Å². The molecule has 5 fully saturated rings. The second-order valence-electron chi connectivity index (χ2n) is 16.9. The predicted molar refractivity (Wildman–Crippen MR) is 158 cm³/mol. The van der Waals surface area contributed by atoms with Gasteiger partial charge in [0.05, 0.1) is 18.8 Å². The lowest BCUT2D eigenvalue weighted by atomic mass is 9.32. The van der Waals surface area contributed by atoms with Crippen molar-refractivity contribution in [3.05, 3.63) is 11.6 Å². The molecule has 4 unspecified atom stereocenters. The summed E-state index contributed by atoms with van der Waals surface area (Å²) in [4.78, 5) is 41.3. The summed E-state index contributed by atoms with van der Waals surface area (Å²) in [6.07, 6.45) is 8.87. The van der Waals surface area contributed by atoms with E-state index in [4.69, 9.17) is 9.47 Å². The molecule has 0 bridgehead atoms. The molecule has 0 aromatic rings. The summed E-state index contributed by atoms with van der Waals surface area (Å²) in [7, 11) is 0. The molecule has 42 heavy (non-hydrogen) atoms. The molecule has 1 N–H and O–H groups in total. The number of carbonyl (C=O) groups is 3.